The Hall–Kier alpha value is -0.930. The largest absolute Gasteiger partial charge is 0.386 e. The third-order valence-corrected chi connectivity index (χ3v) is 2.40. The van der Waals surface area contributed by atoms with E-state index in [0.717, 1.165) is 18.7 Å². The van der Waals surface area contributed by atoms with Crippen molar-refractivity contribution in [3.05, 3.63) is 30.1 Å². The second-order valence-corrected chi connectivity index (χ2v) is 3.32. The van der Waals surface area contributed by atoms with Gasteiger partial charge in [0.25, 0.3) is 0 Å². The lowest BCUT2D eigenvalue weighted by molar-refractivity contribution is 0.0885. The van der Waals surface area contributed by atoms with E-state index in [0.29, 0.717) is 6.61 Å². The summed E-state index contributed by atoms with van der Waals surface area (Å²) in [5.74, 6) is 0.217. The van der Waals surface area contributed by atoms with Crippen LogP contribution in [-0.4, -0.2) is 23.3 Å². The number of aliphatic hydroxyl groups is 1. The minimum atomic E-state index is -0.469. The second-order valence-electron chi connectivity index (χ2n) is 3.32. The van der Waals surface area contributed by atoms with Gasteiger partial charge in [-0.3, -0.25) is 4.98 Å². The summed E-state index contributed by atoms with van der Waals surface area (Å²) in [6.07, 6.45) is 2.16. The summed E-state index contributed by atoms with van der Waals surface area (Å²) < 4.78 is 5.21. The van der Waals surface area contributed by atoms with Crippen molar-refractivity contribution in [2.45, 2.75) is 12.5 Å². The molecular formula is C10H13NO2. The molecule has 2 atom stereocenters. The number of ether oxygens (including phenoxy) is 1. The second kappa shape index (κ2) is 3.85. The lowest BCUT2D eigenvalue weighted by Gasteiger charge is -2.15. The standard InChI is InChI=1S/C10H13NO2/c12-10(8-4-6-13-7-8)9-3-1-2-5-11-9/h1-3,5,8,10,12H,4,6-7H2. The Morgan fingerprint density at radius 3 is 3.08 bits per heavy atom. The van der Waals surface area contributed by atoms with Crippen LogP contribution in [0, 0.1) is 5.92 Å². The smallest absolute Gasteiger partial charge is 0.101 e. The predicted molar refractivity (Wildman–Crippen MR) is 48.1 cm³/mol. The summed E-state index contributed by atoms with van der Waals surface area (Å²) in [6.45, 7) is 1.41. The lowest BCUT2D eigenvalue weighted by atomic mass is 9.99. The van der Waals surface area contributed by atoms with Crippen LogP contribution in [0.3, 0.4) is 0 Å². The van der Waals surface area contributed by atoms with Crippen LogP contribution in [0.2, 0.25) is 0 Å². The van der Waals surface area contributed by atoms with Gasteiger partial charge in [-0.25, -0.2) is 0 Å². The van der Waals surface area contributed by atoms with E-state index in [1.165, 1.54) is 0 Å². The molecule has 0 radical (unpaired) electrons. The monoisotopic (exact) mass is 179 g/mol. The van der Waals surface area contributed by atoms with Crippen LogP contribution in [0.4, 0.5) is 0 Å². The third-order valence-electron chi connectivity index (χ3n) is 2.40. The Balaban J connectivity index is 2.08. The quantitative estimate of drug-likeness (QED) is 0.740. The fourth-order valence-electron chi connectivity index (χ4n) is 1.59. The van der Waals surface area contributed by atoms with Crippen LogP contribution in [-0.2, 0) is 4.74 Å². The summed E-state index contributed by atoms with van der Waals surface area (Å²) in [6, 6.07) is 5.59. The average molecular weight is 179 g/mol. The summed E-state index contributed by atoms with van der Waals surface area (Å²) in [5, 5.41) is 9.88. The molecule has 0 bridgehead atoms. The van der Waals surface area contributed by atoms with Crippen molar-refractivity contribution in [3.8, 4) is 0 Å². The SMILES string of the molecule is OC(c1ccccn1)C1CCOC1. The fourth-order valence-corrected chi connectivity index (χ4v) is 1.59. The molecule has 3 heteroatoms. The molecule has 0 saturated carbocycles. The molecule has 13 heavy (non-hydrogen) atoms. The molecule has 1 aromatic heterocycles. The molecule has 0 spiro atoms. The van der Waals surface area contributed by atoms with E-state index in [1.54, 1.807) is 6.20 Å². The van der Waals surface area contributed by atoms with Crippen LogP contribution < -0.4 is 0 Å². The van der Waals surface area contributed by atoms with Gasteiger partial charge in [-0.2, -0.15) is 0 Å². The zero-order valence-corrected chi connectivity index (χ0v) is 7.39. The first-order chi connectivity index (χ1) is 6.38. The van der Waals surface area contributed by atoms with Crippen molar-refractivity contribution >= 4 is 0 Å². The number of aliphatic hydroxyl groups excluding tert-OH is 1. The van der Waals surface area contributed by atoms with Gasteiger partial charge in [0.2, 0.25) is 0 Å². The van der Waals surface area contributed by atoms with E-state index in [4.69, 9.17) is 4.74 Å². The molecule has 1 aromatic rings. The van der Waals surface area contributed by atoms with E-state index in [9.17, 15) is 5.11 Å². The first-order valence-electron chi connectivity index (χ1n) is 4.54. The van der Waals surface area contributed by atoms with Crippen molar-refractivity contribution in [3.63, 3.8) is 0 Å². The average Bonchev–Trinajstić information content (AvgIpc) is 2.71. The first kappa shape index (κ1) is 8.66. The maximum absolute atomic E-state index is 9.88. The van der Waals surface area contributed by atoms with E-state index in [1.807, 2.05) is 18.2 Å². The predicted octanol–water partition coefficient (Wildman–Crippen LogP) is 1.15. The van der Waals surface area contributed by atoms with E-state index < -0.39 is 6.10 Å². The molecule has 1 saturated heterocycles. The van der Waals surface area contributed by atoms with Crippen molar-refractivity contribution in [1.29, 1.82) is 0 Å². The van der Waals surface area contributed by atoms with Gasteiger partial charge in [-0.15, -0.1) is 0 Å². The van der Waals surface area contributed by atoms with Gasteiger partial charge in [-0.05, 0) is 18.6 Å². The summed E-state index contributed by atoms with van der Waals surface area (Å²) >= 11 is 0. The molecule has 70 valence electrons. The normalized spacial score (nSPS) is 24.5. The number of hydrogen-bond acceptors (Lipinski definition) is 3. The topological polar surface area (TPSA) is 42.4 Å². The molecule has 1 fully saturated rings. The molecule has 0 aliphatic carbocycles. The van der Waals surface area contributed by atoms with Crippen LogP contribution in [0.15, 0.2) is 24.4 Å². The molecule has 2 unspecified atom stereocenters. The minimum Gasteiger partial charge on any atom is -0.386 e. The van der Waals surface area contributed by atoms with E-state index in [2.05, 4.69) is 4.98 Å². The van der Waals surface area contributed by atoms with Gasteiger partial charge in [0.1, 0.15) is 6.10 Å². The van der Waals surface area contributed by atoms with E-state index >= 15 is 0 Å². The molecule has 1 aliphatic heterocycles. The highest BCUT2D eigenvalue weighted by Gasteiger charge is 2.25. The van der Waals surface area contributed by atoms with E-state index in [-0.39, 0.29) is 5.92 Å². The van der Waals surface area contributed by atoms with Crippen molar-refractivity contribution < 1.29 is 9.84 Å². The van der Waals surface area contributed by atoms with Gasteiger partial charge in [-0.1, -0.05) is 6.07 Å². The van der Waals surface area contributed by atoms with Crippen LogP contribution >= 0.6 is 0 Å². The number of pyridine rings is 1. The van der Waals surface area contributed by atoms with Gasteiger partial charge in [0.15, 0.2) is 0 Å². The Morgan fingerprint density at radius 2 is 2.46 bits per heavy atom. The molecule has 1 N–H and O–H groups in total. The maximum atomic E-state index is 9.88. The fraction of sp³-hybridized carbons (Fsp3) is 0.500. The molecule has 3 nitrogen and oxygen atoms in total. The number of nitrogens with zero attached hydrogens (tertiary/aromatic N) is 1. The number of rotatable bonds is 2. The Bertz CT molecular complexity index is 257. The molecule has 1 aliphatic rings. The molecule has 2 heterocycles. The van der Waals surface area contributed by atoms with Crippen molar-refractivity contribution in [2.75, 3.05) is 13.2 Å². The Morgan fingerprint density at radius 1 is 1.54 bits per heavy atom. The highest BCUT2D eigenvalue weighted by atomic mass is 16.5. The third kappa shape index (κ3) is 1.87. The summed E-state index contributed by atoms with van der Waals surface area (Å²) in [5.41, 5.74) is 0.748. The molecule has 0 amide bonds. The minimum absolute atomic E-state index is 0.217. The summed E-state index contributed by atoms with van der Waals surface area (Å²) in [7, 11) is 0. The zero-order valence-electron chi connectivity index (χ0n) is 7.39. The molecule has 0 aromatic carbocycles. The zero-order chi connectivity index (χ0) is 9.10. The van der Waals surface area contributed by atoms with Crippen molar-refractivity contribution in [2.24, 2.45) is 5.92 Å². The molecular weight excluding hydrogens is 166 g/mol. The Kier molecular flexibility index (Phi) is 2.57. The molecule has 2 rings (SSSR count). The highest BCUT2D eigenvalue weighted by Crippen LogP contribution is 2.26. The van der Waals surface area contributed by atoms with Gasteiger partial charge < -0.3 is 9.84 Å². The number of hydrogen-bond donors (Lipinski definition) is 1. The van der Waals surface area contributed by atoms with Gasteiger partial charge >= 0.3 is 0 Å². The number of aromatic nitrogens is 1. The van der Waals surface area contributed by atoms with Crippen LogP contribution in [0.25, 0.3) is 0 Å². The Labute approximate surface area is 77.4 Å². The van der Waals surface area contributed by atoms with Gasteiger partial charge in [0, 0.05) is 18.7 Å². The lowest BCUT2D eigenvalue weighted by Crippen LogP contribution is -2.13. The van der Waals surface area contributed by atoms with Gasteiger partial charge in [0.05, 0.1) is 12.3 Å². The maximum Gasteiger partial charge on any atom is 0.101 e. The van der Waals surface area contributed by atoms with Crippen molar-refractivity contribution in [1.82, 2.24) is 4.98 Å². The van der Waals surface area contributed by atoms with Crippen LogP contribution in [0.1, 0.15) is 18.2 Å². The summed E-state index contributed by atoms with van der Waals surface area (Å²) in [4.78, 5) is 4.12. The first-order valence-corrected chi connectivity index (χ1v) is 4.54. The van der Waals surface area contributed by atoms with Crippen LogP contribution in [0.5, 0.6) is 0 Å². The highest BCUT2D eigenvalue weighted by molar-refractivity contribution is 5.07.